The lowest BCUT2D eigenvalue weighted by Gasteiger charge is -1.99. The van der Waals surface area contributed by atoms with Crippen LogP contribution in [0.2, 0.25) is 0 Å². The average Bonchev–Trinajstić information content (AvgIpc) is 2.19. The molecule has 0 atom stereocenters. The van der Waals surface area contributed by atoms with Crippen molar-refractivity contribution >= 4 is 24.5 Å². The first-order chi connectivity index (χ1) is 6.42. The molecule has 13 heavy (non-hydrogen) atoms. The van der Waals surface area contributed by atoms with Gasteiger partial charge in [0.2, 0.25) is 0 Å². The van der Waals surface area contributed by atoms with Gasteiger partial charge in [-0.15, -0.1) is 0 Å². The Morgan fingerprint density at radius 1 is 1.08 bits per heavy atom. The number of benzene rings is 1. The maximum absolute atomic E-state index is 2.33. The van der Waals surface area contributed by atoms with Crippen LogP contribution in [-0.2, 0) is 0 Å². The van der Waals surface area contributed by atoms with Gasteiger partial charge in [0.1, 0.15) is 0 Å². The predicted octanol–water partition coefficient (Wildman–Crippen LogP) is 3.36. The molecular formula is C12H12Si. The van der Waals surface area contributed by atoms with Crippen LogP contribution in [0.1, 0.15) is 6.92 Å². The van der Waals surface area contributed by atoms with E-state index in [2.05, 4.69) is 60.8 Å². The molecule has 0 aliphatic heterocycles. The highest BCUT2D eigenvalue weighted by atomic mass is 28.2. The summed E-state index contributed by atoms with van der Waals surface area (Å²) in [5.41, 5.74) is 4.65. The molecule has 0 N–H and O–H groups in total. The van der Waals surface area contributed by atoms with E-state index in [1.165, 1.54) is 10.4 Å². The van der Waals surface area contributed by atoms with Gasteiger partial charge in [-0.25, -0.2) is 0 Å². The molecule has 0 bridgehead atoms. The van der Waals surface area contributed by atoms with E-state index in [4.69, 9.17) is 0 Å². The van der Waals surface area contributed by atoms with Crippen LogP contribution in [0.15, 0.2) is 48.2 Å². The molecule has 0 spiro atoms. The molecule has 64 valence electrons. The van der Waals surface area contributed by atoms with Crippen LogP contribution in [0.5, 0.6) is 0 Å². The topological polar surface area (TPSA) is 0 Å². The molecule has 0 radical (unpaired) electrons. The van der Waals surface area contributed by atoms with Crippen LogP contribution in [0.25, 0.3) is 16.1 Å². The van der Waals surface area contributed by atoms with E-state index in [0.29, 0.717) is 0 Å². The fourth-order valence-electron chi connectivity index (χ4n) is 1.58. The van der Waals surface area contributed by atoms with E-state index in [9.17, 15) is 0 Å². The fraction of sp³-hybridized carbons (Fsp3) is 0.0833. The Labute approximate surface area is 80.1 Å². The molecule has 2 aromatic rings. The molecule has 0 unspecified atom stereocenters. The van der Waals surface area contributed by atoms with Gasteiger partial charge < -0.3 is 0 Å². The zero-order valence-corrected chi connectivity index (χ0v) is 8.70. The maximum atomic E-state index is 2.33. The van der Waals surface area contributed by atoms with E-state index < -0.39 is 8.40 Å². The minimum Gasteiger partial charge on any atom is -0.0916 e. The lowest BCUT2D eigenvalue weighted by molar-refractivity contribution is 1.80. The summed E-state index contributed by atoms with van der Waals surface area (Å²) in [6, 6.07) is 13.0. The van der Waals surface area contributed by atoms with Gasteiger partial charge in [-0.1, -0.05) is 53.9 Å². The Bertz CT molecular complexity index is 438. The molecule has 0 aliphatic carbocycles. The first kappa shape index (κ1) is 8.39. The molecule has 1 aromatic heterocycles. The summed E-state index contributed by atoms with van der Waals surface area (Å²) in [6.45, 7) is 2.09. The second-order valence-corrected chi connectivity index (χ2v) is 5.18. The van der Waals surface area contributed by atoms with E-state index in [0.717, 1.165) is 0 Å². The fourth-order valence-corrected chi connectivity index (χ4v) is 3.50. The lowest BCUT2D eigenvalue weighted by atomic mass is 10.2. The monoisotopic (exact) mass is 184 g/mol. The van der Waals surface area contributed by atoms with Gasteiger partial charge in [0.25, 0.3) is 0 Å². The van der Waals surface area contributed by atoms with E-state index >= 15 is 0 Å². The summed E-state index contributed by atoms with van der Waals surface area (Å²) in [5, 5.41) is 1.39. The van der Waals surface area contributed by atoms with Crippen molar-refractivity contribution in [2.75, 3.05) is 0 Å². The van der Waals surface area contributed by atoms with Crippen molar-refractivity contribution in [3.8, 4) is 0 Å². The van der Waals surface area contributed by atoms with Crippen LogP contribution in [0.4, 0.5) is 0 Å². The maximum Gasteiger partial charge on any atom is 0.0728 e. The Morgan fingerprint density at radius 3 is 2.69 bits per heavy atom. The van der Waals surface area contributed by atoms with Gasteiger partial charge in [-0.05, 0) is 17.3 Å². The highest BCUT2D eigenvalue weighted by Crippen LogP contribution is 2.12. The summed E-state index contributed by atoms with van der Waals surface area (Å²) >= 11 is 0. The normalized spacial score (nSPS) is 11.2. The molecule has 0 nitrogen and oxygen atoms in total. The summed E-state index contributed by atoms with van der Waals surface area (Å²) in [4.78, 5) is 1.51. The Morgan fingerprint density at radius 2 is 1.85 bits per heavy atom. The minimum atomic E-state index is -0.548. The summed E-state index contributed by atoms with van der Waals surface area (Å²) in [5.74, 6) is 0. The minimum absolute atomic E-state index is 0.548. The zero-order chi connectivity index (χ0) is 9.10. The van der Waals surface area contributed by atoms with Gasteiger partial charge >= 0.3 is 0 Å². The molecule has 0 saturated carbocycles. The third-order valence-corrected chi connectivity index (χ3v) is 4.49. The Balaban J connectivity index is 2.75. The van der Waals surface area contributed by atoms with Crippen LogP contribution in [0.3, 0.4) is 0 Å². The SMILES string of the molecule is CC=C[si]1cccc2ccccc21. The smallest absolute Gasteiger partial charge is 0.0728 e. The number of rotatable bonds is 1. The van der Waals surface area contributed by atoms with Crippen LogP contribution < -0.4 is 0 Å². The third kappa shape index (κ3) is 1.60. The van der Waals surface area contributed by atoms with Crippen molar-refractivity contribution in [2.24, 2.45) is 0 Å². The first-order valence-corrected chi connectivity index (χ1v) is 6.18. The Kier molecular flexibility index (Phi) is 2.37. The van der Waals surface area contributed by atoms with Gasteiger partial charge in [-0.3, -0.25) is 0 Å². The first-order valence-electron chi connectivity index (χ1n) is 4.52. The van der Waals surface area contributed by atoms with Crippen molar-refractivity contribution in [1.82, 2.24) is 0 Å². The number of hydrogen-bond donors (Lipinski definition) is 0. The molecule has 1 aromatic carbocycles. The molecule has 0 fully saturated rings. The second-order valence-electron chi connectivity index (χ2n) is 3.07. The standard InChI is InChI=1S/C12H12Si/c1-2-9-13-10-5-7-11-6-3-4-8-12(11)13/h2-10H,1H3. The van der Waals surface area contributed by atoms with Crippen LogP contribution in [-0.4, -0.2) is 8.40 Å². The van der Waals surface area contributed by atoms with Crippen molar-refractivity contribution in [2.45, 2.75) is 6.92 Å². The van der Waals surface area contributed by atoms with Crippen molar-refractivity contribution in [1.29, 1.82) is 0 Å². The van der Waals surface area contributed by atoms with Gasteiger partial charge in [0.05, 0.1) is 8.40 Å². The van der Waals surface area contributed by atoms with E-state index in [1.54, 1.807) is 0 Å². The van der Waals surface area contributed by atoms with Gasteiger partial charge in [0.15, 0.2) is 0 Å². The molecular weight excluding hydrogens is 172 g/mol. The van der Waals surface area contributed by atoms with Crippen molar-refractivity contribution in [3.63, 3.8) is 0 Å². The molecule has 1 heteroatoms. The molecule has 1 heterocycles. The average molecular weight is 184 g/mol. The number of fused-ring (bicyclic) bond motifs is 1. The largest absolute Gasteiger partial charge is 0.0916 e. The number of hydrogen-bond acceptors (Lipinski definition) is 0. The predicted molar refractivity (Wildman–Crippen MR) is 60.9 cm³/mol. The third-order valence-electron chi connectivity index (χ3n) is 2.17. The molecule has 0 amide bonds. The van der Waals surface area contributed by atoms with Crippen molar-refractivity contribution < 1.29 is 0 Å². The second kappa shape index (κ2) is 3.67. The summed E-state index contributed by atoms with van der Waals surface area (Å²) < 4.78 is 0. The van der Waals surface area contributed by atoms with Crippen molar-refractivity contribution in [3.05, 3.63) is 48.2 Å². The number of allylic oxidation sites excluding steroid dienone is 1. The molecule has 0 saturated heterocycles. The van der Waals surface area contributed by atoms with Gasteiger partial charge in [0, 0.05) is 0 Å². The summed E-state index contributed by atoms with van der Waals surface area (Å²) in [6.07, 6.45) is 2.15. The van der Waals surface area contributed by atoms with Crippen LogP contribution >= 0.6 is 0 Å². The van der Waals surface area contributed by atoms with E-state index in [-0.39, 0.29) is 0 Å². The zero-order valence-electron chi connectivity index (χ0n) is 7.70. The van der Waals surface area contributed by atoms with Crippen LogP contribution in [0, 0.1) is 0 Å². The molecule has 2 rings (SSSR count). The van der Waals surface area contributed by atoms with E-state index in [1.807, 2.05) is 0 Å². The molecule has 0 aliphatic rings. The van der Waals surface area contributed by atoms with Gasteiger partial charge in [-0.2, -0.15) is 0 Å². The summed E-state index contributed by atoms with van der Waals surface area (Å²) in [7, 11) is -0.548. The Hall–Kier alpha value is -1.21. The highest BCUT2D eigenvalue weighted by Gasteiger charge is 1.95. The highest BCUT2D eigenvalue weighted by molar-refractivity contribution is 6.76. The lowest BCUT2D eigenvalue weighted by Crippen LogP contribution is -1.90. The quantitative estimate of drug-likeness (QED) is 0.596.